The average Bonchev–Trinajstić information content (AvgIpc) is 2.86. The van der Waals surface area contributed by atoms with Gasteiger partial charge >= 0.3 is 5.97 Å². The highest BCUT2D eigenvalue weighted by Gasteiger charge is 2.12. The second kappa shape index (κ2) is 25.3. The molecule has 202 valence electrons. The van der Waals surface area contributed by atoms with Crippen LogP contribution in [0.5, 0.6) is 0 Å². The topological polar surface area (TPSA) is 93.7 Å². The van der Waals surface area contributed by atoms with E-state index in [1.54, 1.807) is 0 Å². The zero-order valence-electron chi connectivity index (χ0n) is 21.4. The van der Waals surface area contributed by atoms with E-state index in [-0.39, 0.29) is 5.97 Å². The standard InChI is InChI=1S/C25H49NO8/c1-2-3-4-5-6-7-25(27)34-23-21-32-19-17-30-15-13-28-12-14-29-16-18-31-20-22-33-24-8-10-26-11-9-24/h24,26H,2-23H2,1H3. The van der Waals surface area contributed by atoms with Crippen molar-refractivity contribution in [2.45, 2.75) is 64.4 Å². The SMILES string of the molecule is CCCCCCCC(=O)OCCOCCOCCOCCOCCOCCOC1CCNCC1. The van der Waals surface area contributed by atoms with Gasteiger partial charge in [0.05, 0.1) is 78.8 Å². The Hall–Kier alpha value is -0.810. The fourth-order valence-electron chi connectivity index (χ4n) is 3.38. The van der Waals surface area contributed by atoms with E-state index in [0.29, 0.717) is 91.8 Å². The summed E-state index contributed by atoms with van der Waals surface area (Å²) in [5.41, 5.74) is 0. The van der Waals surface area contributed by atoms with E-state index < -0.39 is 0 Å². The zero-order valence-corrected chi connectivity index (χ0v) is 21.4. The van der Waals surface area contributed by atoms with Crippen LogP contribution in [0.2, 0.25) is 0 Å². The minimum Gasteiger partial charge on any atom is -0.463 e. The summed E-state index contributed by atoms with van der Waals surface area (Å²) in [5, 5.41) is 3.32. The number of ether oxygens (including phenoxy) is 7. The molecule has 0 radical (unpaired) electrons. The largest absolute Gasteiger partial charge is 0.463 e. The van der Waals surface area contributed by atoms with Gasteiger partial charge < -0.3 is 38.5 Å². The molecular weight excluding hydrogens is 442 g/mol. The van der Waals surface area contributed by atoms with Gasteiger partial charge in [-0.3, -0.25) is 4.79 Å². The molecule has 0 amide bonds. The lowest BCUT2D eigenvalue weighted by Gasteiger charge is -2.22. The van der Waals surface area contributed by atoms with Gasteiger partial charge in [-0.1, -0.05) is 32.6 Å². The second-order valence-corrected chi connectivity index (χ2v) is 8.27. The predicted molar refractivity (Wildman–Crippen MR) is 130 cm³/mol. The highest BCUT2D eigenvalue weighted by Crippen LogP contribution is 2.07. The Morgan fingerprint density at radius 1 is 0.647 bits per heavy atom. The molecule has 0 aromatic carbocycles. The molecule has 0 atom stereocenters. The molecular formula is C25H49NO8. The molecule has 9 heteroatoms. The number of piperidine rings is 1. The quantitative estimate of drug-likeness (QED) is 0.153. The van der Waals surface area contributed by atoms with Crippen molar-refractivity contribution in [3.63, 3.8) is 0 Å². The molecule has 34 heavy (non-hydrogen) atoms. The van der Waals surface area contributed by atoms with Crippen molar-refractivity contribution in [2.24, 2.45) is 0 Å². The van der Waals surface area contributed by atoms with Gasteiger partial charge in [0.2, 0.25) is 0 Å². The van der Waals surface area contributed by atoms with Crippen LogP contribution in [0.1, 0.15) is 58.3 Å². The van der Waals surface area contributed by atoms with Crippen molar-refractivity contribution in [2.75, 3.05) is 92.4 Å². The van der Waals surface area contributed by atoms with Gasteiger partial charge in [-0.05, 0) is 32.4 Å². The van der Waals surface area contributed by atoms with Crippen molar-refractivity contribution in [1.82, 2.24) is 5.32 Å². The Bertz CT molecular complexity index is 435. The van der Waals surface area contributed by atoms with Crippen LogP contribution in [0.4, 0.5) is 0 Å². The molecule has 1 N–H and O–H groups in total. The minimum atomic E-state index is -0.136. The number of unbranched alkanes of at least 4 members (excludes halogenated alkanes) is 4. The first-order valence-corrected chi connectivity index (χ1v) is 13.2. The molecule has 0 bridgehead atoms. The molecule has 1 aliphatic heterocycles. The van der Waals surface area contributed by atoms with Crippen LogP contribution >= 0.6 is 0 Å². The predicted octanol–water partition coefficient (Wildman–Crippen LogP) is 2.74. The van der Waals surface area contributed by atoms with E-state index in [4.69, 9.17) is 33.2 Å². The first-order chi connectivity index (χ1) is 16.8. The third-order valence-electron chi connectivity index (χ3n) is 5.33. The summed E-state index contributed by atoms with van der Waals surface area (Å²) in [6, 6.07) is 0. The maximum Gasteiger partial charge on any atom is 0.305 e. The van der Waals surface area contributed by atoms with Crippen LogP contribution < -0.4 is 5.32 Å². The molecule has 0 spiro atoms. The van der Waals surface area contributed by atoms with Crippen molar-refractivity contribution in [1.29, 1.82) is 0 Å². The first-order valence-electron chi connectivity index (χ1n) is 13.2. The Kier molecular flexibility index (Phi) is 23.2. The Morgan fingerprint density at radius 3 is 1.65 bits per heavy atom. The number of carbonyl (C=O) groups is 1. The number of esters is 1. The van der Waals surface area contributed by atoms with E-state index in [2.05, 4.69) is 12.2 Å². The van der Waals surface area contributed by atoms with Crippen molar-refractivity contribution in [3.8, 4) is 0 Å². The maximum atomic E-state index is 11.6. The Labute approximate surface area is 206 Å². The van der Waals surface area contributed by atoms with E-state index >= 15 is 0 Å². The third kappa shape index (κ3) is 21.7. The van der Waals surface area contributed by atoms with Gasteiger partial charge in [0.1, 0.15) is 6.61 Å². The number of hydrogen-bond donors (Lipinski definition) is 1. The number of hydrogen-bond acceptors (Lipinski definition) is 9. The fraction of sp³-hybridized carbons (Fsp3) is 0.960. The summed E-state index contributed by atoms with van der Waals surface area (Å²) >= 11 is 0. The normalized spacial score (nSPS) is 14.5. The number of rotatable bonds is 25. The molecule has 1 fully saturated rings. The van der Waals surface area contributed by atoms with E-state index in [0.717, 1.165) is 38.8 Å². The summed E-state index contributed by atoms with van der Waals surface area (Å²) in [4.78, 5) is 11.6. The van der Waals surface area contributed by atoms with Crippen molar-refractivity contribution in [3.05, 3.63) is 0 Å². The molecule has 0 saturated carbocycles. The summed E-state index contributed by atoms with van der Waals surface area (Å²) in [5.74, 6) is -0.136. The average molecular weight is 492 g/mol. The van der Waals surface area contributed by atoms with Crippen molar-refractivity contribution < 1.29 is 38.0 Å². The molecule has 1 saturated heterocycles. The number of nitrogens with one attached hydrogen (secondary N) is 1. The monoisotopic (exact) mass is 491 g/mol. The summed E-state index contributed by atoms with van der Waals surface area (Å²) in [6.07, 6.45) is 8.68. The molecule has 0 aromatic rings. The van der Waals surface area contributed by atoms with Crippen LogP contribution in [-0.2, 0) is 38.0 Å². The van der Waals surface area contributed by atoms with E-state index in [1.165, 1.54) is 19.3 Å². The van der Waals surface area contributed by atoms with Gasteiger partial charge in [0.25, 0.3) is 0 Å². The van der Waals surface area contributed by atoms with Crippen molar-refractivity contribution >= 4 is 5.97 Å². The summed E-state index contributed by atoms with van der Waals surface area (Å²) in [7, 11) is 0. The first kappa shape index (κ1) is 31.2. The number of carbonyl (C=O) groups excluding carboxylic acids is 1. The smallest absolute Gasteiger partial charge is 0.305 e. The van der Waals surface area contributed by atoms with Crippen LogP contribution in [-0.4, -0.2) is 104 Å². The zero-order chi connectivity index (χ0) is 24.4. The van der Waals surface area contributed by atoms with E-state index in [9.17, 15) is 4.79 Å². The van der Waals surface area contributed by atoms with Crippen LogP contribution in [0, 0.1) is 0 Å². The highest BCUT2D eigenvalue weighted by molar-refractivity contribution is 5.69. The van der Waals surface area contributed by atoms with Crippen LogP contribution in [0.15, 0.2) is 0 Å². The lowest BCUT2D eigenvalue weighted by Crippen LogP contribution is -2.33. The summed E-state index contributed by atoms with van der Waals surface area (Å²) in [6.45, 7) is 10.4. The lowest BCUT2D eigenvalue weighted by atomic mass is 10.1. The minimum absolute atomic E-state index is 0.136. The summed E-state index contributed by atoms with van der Waals surface area (Å²) < 4.78 is 38.2. The van der Waals surface area contributed by atoms with Gasteiger partial charge in [-0.2, -0.15) is 0 Å². The molecule has 0 aliphatic carbocycles. The molecule has 1 rings (SSSR count). The van der Waals surface area contributed by atoms with E-state index in [1.807, 2.05) is 0 Å². The maximum absolute atomic E-state index is 11.6. The third-order valence-corrected chi connectivity index (χ3v) is 5.33. The molecule has 0 aromatic heterocycles. The lowest BCUT2D eigenvalue weighted by molar-refractivity contribution is -0.145. The van der Waals surface area contributed by atoms with Crippen LogP contribution in [0.3, 0.4) is 0 Å². The fourth-order valence-corrected chi connectivity index (χ4v) is 3.38. The Balaban J connectivity index is 1.66. The van der Waals surface area contributed by atoms with Gasteiger partial charge in [0, 0.05) is 6.42 Å². The Morgan fingerprint density at radius 2 is 1.12 bits per heavy atom. The molecule has 1 heterocycles. The van der Waals surface area contributed by atoms with Gasteiger partial charge in [0.15, 0.2) is 0 Å². The van der Waals surface area contributed by atoms with Gasteiger partial charge in [-0.15, -0.1) is 0 Å². The van der Waals surface area contributed by atoms with Gasteiger partial charge in [-0.25, -0.2) is 0 Å². The molecule has 9 nitrogen and oxygen atoms in total. The second-order valence-electron chi connectivity index (χ2n) is 8.27. The van der Waals surface area contributed by atoms with Crippen LogP contribution in [0.25, 0.3) is 0 Å². The molecule has 1 aliphatic rings. The highest BCUT2D eigenvalue weighted by atomic mass is 16.6. The molecule has 0 unspecified atom stereocenters.